The zero-order chi connectivity index (χ0) is 12.1. The van der Waals surface area contributed by atoms with Gasteiger partial charge < -0.3 is 19.7 Å². The van der Waals surface area contributed by atoms with E-state index < -0.39 is 5.97 Å². The minimum absolute atomic E-state index is 0.00881. The molecule has 5 nitrogen and oxygen atoms in total. The van der Waals surface area contributed by atoms with E-state index >= 15 is 0 Å². The second-order valence-corrected chi connectivity index (χ2v) is 3.84. The Balaban J connectivity index is 2.62. The number of rotatable bonds is 6. The molecule has 0 bridgehead atoms. The fourth-order valence-electron chi connectivity index (χ4n) is 1.45. The van der Waals surface area contributed by atoms with E-state index in [9.17, 15) is 4.79 Å². The van der Waals surface area contributed by atoms with Gasteiger partial charge in [-0.2, -0.15) is 0 Å². The quantitative estimate of drug-likeness (QED) is 0.755. The van der Waals surface area contributed by atoms with E-state index in [1.807, 2.05) is 14.1 Å². The molecule has 16 heavy (non-hydrogen) atoms. The summed E-state index contributed by atoms with van der Waals surface area (Å²) >= 11 is 0. The highest BCUT2D eigenvalue weighted by molar-refractivity contribution is 5.84. The van der Waals surface area contributed by atoms with Gasteiger partial charge in [0, 0.05) is 25.2 Å². The number of carbonyl (C=O) groups is 1. The van der Waals surface area contributed by atoms with Crippen molar-refractivity contribution in [2.24, 2.45) is 0 Å². The zero-order valence-electron chi connectivity index (χ0n) is 9.91. The van der Waals surface area contributed by atoms with Gasteiger partial charge in [-0.05, 0) is 27.1 Å². The molecule has 0 radical (unpaired) electrons. The molecule has 0 atom stereocenters. The van der Waals surface area contributed by atoms with E-state index in [0.29, 0.717) is 12.3 Å². The molecular formula is C11H18N2O3. The van der Waals surface area contributed by atoms with Gasteiger partial charge in [-0.3, -0.25) is 0 Å². The summed E-state index contributed by atoms with van der Waals surface area (Å²) in [7, 11) is 3.89. The van der Waals surface area contributed by atoms with Crippen LogP contribution in [0, 0.1) is 6.92 Å². The molecule has 0 fully saturated rings. The molecule has 0 unspecified atom stereocenters. The molecule has 0 spiro atoms. The van der Waals surface area contributed by atoms with E-state index in [1.165, 1.54) is 0 Å². The number of carboxylic acid groups (broad SMARTS) is 1. The van der Waals surface area contributed by atoms with Crippen LogP contribution in [0.15, 0.2) is 10.5 Å². The predicted molar refractivity (Wildman–Crippen MR) is 60.7 cm³/mol. The Morgan fingerprint density at radius 2 is 2.31 bits per heavy atom. The van der Waals surface area contributed by atoms with E-state index in [4.69, 9.17) is 9.52 Å². The number of likely N-dealkylation sites (N-methyl/N-ethyl adjacent to an activating group) is 2. The standard InChI is InChI=1S/C11H18N2O3/c1-8-9(6-10(16-8)11(14)15)7-13(3)5-4-12-2/h6,12H,4-5,7H2,1-3H3,(H,14,15). The summed E-state index contributed by atoms with van der Waals surface area (Å²) < 4.78 is 5.14. The molecule has 0 aliphatic carbocycles. The Bertz CT molecular complexity index is 360. The maximum atomic E-state index is 10.7. The molecular weight excluding hydrogens is 208 g/mol. The monoisotopic (exact) mass is 226 g/mol. The molecule has 0 amide bonds. The third kappa shape index (κ3) is 3.36. The molecule has 0 saturated heterocycles. The Morgan fingerprint density at radius 1 is 1.62 bits per heavy atom. The highest BCUT2D eigenvalue weighted by atomic mass is 16.4. The van der Waals surface area contributed by atoms with Crippen LogP contribution in [0.5, 0.6) is 0 Å². The van der Waals surface area contributed by atoms with E-state index in [2.05, 4.69) is 10.2 Å². The van der Waals surface area contributed by atoms with Crippen molar-refractivity contribution in [3.63, 3.8) is 0 Å². The van der Waals surface area contributed by atoms with Crippen molar-refractivity contribution >= 4 is 5.97 Å². The largest absolute Gasteiger partial charge is 0.475 e. The second-order valence-electron chi connectivity index (χ2n) is 3.84. The summed E-state index contributed by atoms with van der Waals surface area (Å²) in [4.78, 5) is 12.8. The highest BCUT2D eigenvalue weighted by Crippen LogP contribution is 2.16. The van der Waals surface area contributed by atoms with Crippen molar-refractivity contribution in [3.8, 4) is 0 Å². The molecule has 1 heterocycles. The fraction of sp³-hybridized carbons (Fsp3) is 0.545. The van der Waals surface area contributed by atoms with Crippen LogP contribution in [0.2, 0.25) is 0 Å². The lowest BCUT2D eigenvalue weighted by Crippen LogP contribution is -2.27. The first-order chi connectivity index (χ1) is 7.54. The zero-order valence-corrected chi connectivity index (χ0v) is 9.91. The van der Waals surface area contributed by atoms with Gasteiger partial charge in [-0.1, -0.05) is 0 Å². The first-order valence-electron chi connectivity index (χ1n) is 5.20. The number of aryl methyl sites for hydroxylation is 1. The van der Waals surface area contributed by atoms with Crippen LogP contribution in [0.25, 0.3) is 0 Å². The molecule has 0 aromatic carbocycles. The van der Waals surface area contributed by atoms with Crippen LogP contribution in [0.1, 0.15) is 21.9 Å². The lowest BCUT2D eigenvalue weighted by atomic mass is 10.2. The van der Waals surface area contributed by atoms with Crippen molar-refractivity contribution in [2.45, 2.75) is 13.5 Å². The van der Waals surface area contributed by atoms with Gasteiger partial charge in [0.25, 0.3) is 0 Å². The number of nitrogens with zero attached hydrogens (tertiary/aromatic N) is 1. The van der Waals surface area contributed by atoms with Crippen LogP contribution in [0.4, 0.5) is 0 Å². The van der Waals surface area contributed by atoms with Gasteiger partial charge >= 0.3 is 5.97 Å². The van der Waals surface area contributed by atoms with Crippen LogP contribution in [-0.2, 0) is 6.54 Å². The molecule has 1 rings (SSSR count). The first kappa shape index (κ1) is 12.7. The fourth-order valence-corrected chi connectivity index (χ4v) is 1.45. The van der Waals surface area contributed by atoms with Crippen LogP contribution >= 0.6 is 0 Å². The predicted octanol–water partition coefficient (Wildman–Crippen LogP) is 0.937. The molecule has 0 aliphatic heterocycles. The van der Waals surface area contributed by atoms with Gasteiger partial charge in [0.2, 0.25) is 5.76 Å². The number of furan rings is 1. The van der Waals surface area contributed by atoms with Crippen molar-refractivity contribution in [1.82, 2.24) is 10.2 Å². The molecule has 0 saturated carbocycles. The average Bonchev–Trinajstić information content (AvgIpc) is 2.57. The van der Waals surface area contributed by atoms with E-state index in [0.717, 1.165) is 18.7 Å². The van der Waals surface area contributed by atoms with Crippen molar-refractivity contribution in [2.75, 3.05) is 27.2 Å². The van der Waals surface area contributed by atoms with E-state index in [-0.39, 0.29) is 5.76 Å². The number of hydrogen-bond acceptors (Lipinski definition) is 4. The number of hydrogen-bond donors (Lipinski definition) is 2. The Morgan fingerprint density at radius 3 is 2.81 bits per heavy atom. The van der Waals surface area contributed by atoms with Gasteiger partial charge in [0.1, 0.15) is 5.76 Å². The lowest BCUT2D eigenvalue weighted by Gasteiger charge is -2.15. The van der Waals surface area contributed by atoms with Crippen molar-refractivity contribution < 1.29 is 14.3 Å². The molecule has 1 aromatic rings. The first-order valence-corrected chi connectivity index (χ1v) is 5.20. The third-order valence-corrected chi connectivity index (χ3v) is 2.42. The molecule has 0 aliphatic rings. The van der Waals surface area contributed by atoms with Crippen molar-refractivity contribution in [1.29, 1.82) is 0 Å². The van der Waals surface area contributed by atoms with Gasteiger partial charge in [0.15, 0.2) is 0 Å². The number of aromatic carboxylic acids is 1. The Hall–Kier alpha value is -1.33. The minimum Gasteiger partial charge on any atom is -0.475 e. The summed E-state index contributed by atoms with van der Waals surface area (Å²) in [6.45, 7) is 4.29. The summed E-state index contributed by atoms with van der Waals surface area (Å²) in [5.74, 6) is -0.338. The lowest BCUT2D eigenvalue weighted by molar-refractivity contribution is 0.0661. The SMILES string of the molecule is CNCCN(C)Cc1cc(C(=O)O)oc1C. The summed E-state index contributed by atoms with van der Waals surface area (Å²) in [5, 5.41) is 11.8. The molecule has 5 heteroatoms. The normalized spacial score (nSPS) is 11.0. The smallest absolute Gasteiger partial charge is 0.371 e. The minimum atomic E-state index is -1.02. The van der Waals surface area contributed by atoms with Crippen LogP contribution < -0.4 is 5.32 Å². The maximum absolute atomic E-state index is 10.7. The number of nitrogens with one attached hydrogen (secondary N) is 1. The highest BCUT2D eigenvalue weighted by Gasteiger charge is 2.13. The molecule has 1 aromatic heterocycles. The summed E-state index contributed by atoms with van der Waals surface area (Å²) in [5.41, 5.74) is 0.927. The van der Waals surface area contributed by atoms with Crippen LogP contribution in [-0.4, -0.2) is 43.2 Å². The molecule has 90 valence electrons. The average molecular weight is 226 g/mol. The summed E-state index contributed by atoms with van der Waals surface area (Å²) in [6, 6.07) is 1.59. The van der Waals surface area contributed by atoms with Gasteiger partial charge in [-0.25, -0.2) is 4.79 Å². The third-order valence-electron chi connectivity index (χ3n) is 2.42. The van der Waals surface area contributed by atoms with Gasteiger partial charge in [-0.15, -0.1) is 0 Å². The van der Waals surface area contributed by atoms with E-state index in [1.54, 1.807) is 13.0 Å². The van der Waals surface area contributed by atoms with Gasteiger partial charge in [0.05, 0.1) is 0 Å². The van der Waals surface area contributed by atoms with Crippen LogP contribution in [0.3, 0.4) is 0 Å². The van der Waals surface area contributed by atoms with Crippen molar-refractivity contribution in [3.05, 3.63) is 23.2 Å². The summed E-state index contributed by atoms with van der Waals surface area (Å²) in [6.07, 6.45) is 0. The Labute approximate surface area is 95.0 Å². The second kappa shape index (κ2) is 5.67. The Kier molecular flexibility index (Phi) is 4.52. The topological polar surface area (TPSA) is 65.7 Å². The number of carboxylic acids is 1. The molecule has 2 N–H and O–H groups in total. The maximum Gasteiger partial charge on any atom is 0.371 e.